The number of esters is 1. The maximum atomic E-state index is 15.2. The molecule has 82 heavy (non-hydrogen) atoms. The van der Waals surface area contributed by atoms with Gasteiger partial charge < -0.3 is 38.6 Å². The maximum Gasteiger partial charge on any atom is 0.406 e. The number of pyridine rings is 1. The van der Waals surface area contributed by atoms with Crippen molar-refractivity contribution in [3.63, 3.8) is 0 Å². The summed E-state index contributed by atoms with van der Waals surface area (Å²) in [6, 6.07) is 12.9. The van der Waals surface area contributed by atoms with Gasteiger partial charge in [-0.15, -0.1) is 0 Å². The van der Waals surface area contributed by atoms with Crippen molar-refractivity contribution in [2.45, 2.75) is 134 Å². The fraction of sp³-hybridized carbons (Fsp3) is 0.623. The lowest BCUT2D eigenvalue weighted by atomic mass is 9.84. The highest BCUT2D eigenvalue weighted by Gasteiger charge is 2.57. The average Bonchev–Trinajstić information content (AvgIpc) is 4.58. The Morgan fingerprint density at radius 3 is 2.52 bits per heavy atom. The summed E-state index contributed by atoms with van der Waals surface area (Å²) in [5, 5.41) is 8.61. The Hall–Kier alpha value is -5.68. The molecule has 3 N–H and O–H groups in total. The summed E-state index contributed by atoms with van der Waals surface area (Å²) < 4.78 is 71.4. The van der Waals surface area contributed by atoms with Crippen LogP contribution in [0.3, 0.4) is 0 Å². The SMILES string of the molecule is CO[C@@H](C)c1ncc(N2CCN3CCOC[C@@H]3C2)cc1-c1c2c3cc(ccc3n1CC(F)(F)F)-c1cccc(c1)C[C@H](NC(=O)[C@H](C(C)C)N1CCOC3(CN(C(=O)[C@@H]4N[C@@H]4C4CC4)C3)C1)C(=O)N1CCC[C@H](N1)C(=O)OCC(C)(C)C2. The van der Waals surface area contributed by atoms with Crippen molar-refractivity contribution in [3.05, 3.63) is 71.5 Å². The number of benzene rings is 2. The van der Waals surface area contributed by atoms with Crippen molar-refractivity contribution < 1.29 is 51.3 Å². The van der Waals surface area contributed by atoms with Crippen LogP contribution in [0.1, 0.15) is 83.2 Å². The smallest absolute Gasteiger partial charge is 0.406 e. The van der Waals surface area contributed by atoms with Crippen molar-refractivity contribution in [1.29, 1.82) is 0 Å². The van der Waals surface area contributed by atoms with Crippen LogP contribution in [-0.2, 0) is 57.5 Å². The summed E-state index contributed by atoms with van der Waals surface area (Å²) in [5.41, 5.74) is 7.20. The van der Waals surface area contributed by atoms with E-state index in [0.29, 0.717) is 118 Å². The zero-order valence-corrected chi connectivity index (χ0v) is 48.1. The topological polar surface area (TPSA) is 185 Å². The number of cyclic esters (lactones) is 1. The van der Waals surface area contributed by atoms with Gasteiger partial charge in [0, 0.05) is 87.3 Å². The molecule has 2 aromatic carbocycles. The Morgan fingerprint density at radius 2 is 1.76 bits per heavy atom. The number of carbonyl (C=O) groups is 4. The molecule has 442 valence electrons. The second-order valence-electron chi connectivity index (χ2n) is 25.6. The van der Waals surface area contributed by atoms with Crippen LogP contribution >= 0.6 is 0 Å². The van der Waals surface area contributed by atoms with Gasteiger partial charge in [0.15, 0.2) is 0 Å². The maximum absolute atomic E-state index is 15.2. The first-order chi connectivity index (χ1) is 39.2. The van der Waals surface area contributed by atoms with Crippen molar-refractivity contribution in [1.82, 2.24) is 45.3 Å². The number of hydrogen-bond donors (Lipinski definition) is 3. The fourth-order valence-electron chi connectivity index (χ4n) is 13.9. The molecule has 6 saturated heterocycles. The number of nitrogens with one attached hydrogen (secondary N) is 3. The van der Waals surface area contributed by atoms with Gasteiger partial charge in [0.1, 0.15) is 30.3 Å². The highest BCUT2D eigenvalue weighted by Crippen LogP contribution is 2.45. The van der Waals surface area contributed by atoms with Gasteiger partial charge in [-0.05, 0) is 91.3 Å². The number of amides is 3. The van der Waals surface area contributed by atoms with E-state index in [-0.39, 0.29) is 55.3 Å². The number of halogens is 3. The zero-order chi connectivity index (χ0) is 57.4. The molecule has 4 aromatic rings. The number of alkyl halides is 3. The first kappa shape index (κ1) is 56.8. The molecule has 1 spiro atoms. The minimum Gasteiger partial charge on any atom is -0.464 e. The number of nitrogens with zero attached hydrogens (tertiary/aromatic N) is 7. The predicted molar refractivity (Wildman–Crippen MR) is 301 cm³/mol. The van der Waals surface area contributed by atoms with Gasteiger partial charge in [0.05, 0.1) is 81.0 Å². The highest BCUT2D eigenvalue weighted by atomic mass is 19.4. The van der Waals surface area contributed by atoms with Gasteiger partial charge in [0.25, 0.3) is 5.91 Å². The largest absolute Gasteiger partial charge is 0.464 e. The summed E-state index contributed by atoms with van der Waals surface area (Å²) in [6.07, 6.45) is 0.111. The molecule has 3 amide bonds. The first-order valence-corrected chi connectivity index (χ1v) is 29.6. The third kappa shape index (κ3) is 11.6. The number of aromatic nitrogens is 2. The lowest BCUT2D eigenvalue weighted by Gasteiger charge is -2.55. The van der Waals surface area contributed by atoms with Crippen LogP contribution in [0.25, 0.3) is 33.3 Å². The molecule has 0 radical (unpaired) electrons. The van der Waals surface area contributed by atoms with E-state index in [4.69, 9.17) is 23.9 Å². The summed E-state index contributed by atoms with van der Waals surface area (Å²) in [5.74, 6) is -0.734. The van der Waals surface area contributed by atoms with Crippen LogP contribution in [0.4, 0.5) is 18.9 Å². The lowest BCUT2D eigenvalue weighted by molar-refractivity contribution is -0.197. The van der Waals surface area contributed by atoms with Gasteiger partial charge >= 0.3 is 12.1 Å². The van der Waals surface area contributed by atoms with E-state index in [1.807, 2.05) is 82.0 Å². The van der Waals surface area contributed by atoms with Crippen molar-refractivity contribution in [2.24, 2.45) is 17.3 Å². The van der Waals surface area contributed by atoms with E-state index in [2.05, 4.69) is 30.8 Å². The third-order valence-corrected chi connectivity index (χ3v) is 18.4. The van der Waals surface area contributed by atoms with Crippen molar-refractivity contribution >= 4 is 40.3 Å². The van der Waals surface area contributed by atoms with Crippen molar-refractivity contribution in [3.8, 4) is 22.4 Å². The fourth-order valence-corrected chi connectivity index (χ4v) is 13.9. The number of carbonyl (C=O) groups excluding carboxylic acids is 4. The molecule has 8 aliphatic rings. The summed E-state index contributed by atoms with van der Waals surface area (Å²) in [7, 11) is 1.56. The van der Waals surface area contributed by atoms with E-state index in [0.717, 1.165) is 35.5 Å². The number of ether oxygens (including phenoxy) is 4. The standard InChI is InChI=1S/C61H79F3N10O8/c1-36(2)53(71-20-22-82-60(31-71)32-72(33-60)57(77)52-51(67-52)39-12-13-39)55(75)66-48-24-38-9-7-10-40(23-38)41-14-15-49-44(25-41)46(27-59(4,5)35-81-58(78)47-11-8-16-74(68-47)56(48)76)54(73(49)34-61(62,63)64)45-26-42(28-65-50(45)37(3)79-6)70-18-17-69-19-21-80-30-43(69)29-70/h7,9-10,14-15,23,25-26,28,36-37,39,43,47-48,51-53,67-68H,8,11-13,16-22,24,27,29-35H2,1-6H3,(H,66,75)/t37-,43-,47-,48-,51+,52+,53-/m0/s1. The lowest BCUT2D eigenvalue weighted by Crippen LogP contribution is -2.73. The molecule has 7 aliphatic heterocycles. The van der Waals surface area contributed by atoms with Crippen LogP contribution in [0.2, 0.25) is 0 Å². The quantitative estimate of drug-likeness (QED) is 0.126. The highest BCUT2D eigenvalue weighted by molar-refractivity contribution is 5.96. The normalized spacial score (nSPS) is 26.9. The molecule has 7 atom stereocenters. The van der Waals surface area contributed by atoms with Crippen LogP contribution in [0.15, 0.2) is 54.7 Å². The van der Waals surface area contributed by atoms with Crippen LogP contribution in [-0.4, -0.2) is 193 Å². The van der Waals surface area contributed by atoms with Gasteiger partial charge in [0.2, 0.25) is 11.8 Å². The zero-order valence-electron chi connectivity index (χ0n) is 48.1. The van der Waals surface area contributed by atoms with E-state index >= 15 is 18.0 Å². The molecule has 12 rings (SSSR count). The number of hydrazine groups is 1. The molecule has 7 fully saturated rings. The third-order valence-electron chi connectivity index (χ3n) is 18.4. The van der Waals surface area contributed by atoms with Crippen LogP contribution < -0.4 is 21.0 Å². The van der Waals surface area contributed by atoms with Gasteiger partial charge in [-0.25, -0.2) is 5.43 Å². The number of fused-ring (bicyclic) bond motifs is 7. The summed E-state index contributed by atoms with van der Waals surface area (Å²) in [4.78, 5) is 71.3. The Morgan fingerprint density at radius 1 is 0.951 bits per heavy atom. The molecule has 6 bridgehead atoms. The molecular weight excluding hydrogens is 1060 g/mol. The second-order valence-corrected chi connectivity index (χ2v) is 25.6. The second kappa shape index (κ2) is 22.4. The molecule has 2 aromatic heterocycles. The van der Waals surface area contributed by atoms with Crippen molar-refractivity contribution in [2.75, 3.05) is 97.3 Å². The minimum absolute atomic E-state index is 0.0799. The minimum atomic E-state index is -4.62. The summed E-state index contributed by atoms with van der Waals surface area (Å²) in [6.45, 7) is 15.2. The molecule has 9 heterocycles. The Balaban J connectivity index is 0.899. The van der Waals surface area contributed by atoms with Gasteiger partial charge in [-0.2, -0.15) is 13.2 Å². The number of anilines is 1. The van der Waals surface area contributed by atoms with E-state index in [9.17, 15) is 14.4 Å². The number of morpholine rings is 2. The summed E-state index contributed by atoms with van der Waals surface area (Å²) >= 11 is 0. The monoisotopic (exact) mass is 1140 g/mol. The Labute approximate surface area is 477 Å². The van der Waals surface area contributed by atoms with E-state index in [1.165, 1.54) is 22.4 Å². The van der Waals surface area contributed by atoms with Crippen LogP contribution in [0.5, 0.6) is 0 Å². The predicted octanol–water partition coefficient (Wildman–Crippen LogP) is 5.50. The van der Waals surface area contributed by atoms with Crippen LogP contribution in [0, 0.1) is 17.3 Å². The average molecular weight is 1140 g/mol. The first-order valence-electron chi connectivity index (χ1n) is 29.6. The van der Waals surface area contributed by atoms with Gasteiger partial charge in [-0.3, -0.25) is 44.3 Å². The molecule has 18 nitrogen and oxygen atoms in total. The molecule has 21 heteroatoms. The molecule has 1 saturated carbocycles. The Bertz CT molecular complexity index is 3090. The van der Waals surface area contributed by atoms with E-state index < -0.39 is 59.8 Å². The molecule has 0 unspecified atom stereocenters. The number of likely N-dealkylation sites (tertiary alicyclic amines) is 1. The molecular formula is C61H79F3N10O8. The number of piperazine rings is 1. The van der Waals surface area contributed by atoms with E-state index in [1.54, 1.807) is 19.4 Å². The number of methoxy groups -OCH3 is 1. The Kier molecular flexibility index (Phi) is 15.5. The van der Waals surface area contributed by atoms with Gasteiger partial charge in [-0.1, -0.05) is 58.0 Å². The molecule has 1 aliphatic carbocycles. The number of rotatable bonds is 11. The number of hydrogen-bond acceptors (Lipinski definition) is 14.